The van der Waals surface area contributed by atoms with Crippen molar-refractivity contribution >= 4 is 17.5 Å². The first-order chi connectivity index (χ1) is 15.5. The monoisotopic (exact) mass is 422 g/mol. The van der Waals surface area contributed by atoms with Crippen molar-refractivity contribution in [3.63, 3.8) is 0 Å². The van der Waals surface area contributed by atoms with Gasteiger partial charge in [-0.25, -0.2) is 4.98 Å². The zero-order chi connectivity index (χ0) is 22.2. The third-order valence-electron chi connectivity index (χ3n) is 5.73. The van der Waals surface area contributed by atoms with Crippen molar-refractivity contribution in [3.05, 3.63) is 102 Å². The molecule has 1 aliphatic carbocycles. The Balaban J connectivity index is 1.51. The molecule has 32 heavy (non-hydrogen) atoms. The number of anilines is 1. The second kappa shape index (κ2) is 7.81. The highest BCUT2D eigenvalue weighted by Gasteiger charge is 2.23. The zero-order valence-electron chi connectivity index (χ0n) is 17.9. The maximum Gasteiger partial charge on any atom is 0.255 e. The van der Waals surface area contributed by atoms with Crippen LogP contribution in [0.3, 0.4) is 0 Å². The third-order valence-corrected chi connectivity index (χ3v) is 5.73. The van der Waals surface area contributed by atoms with Crippen LogP contribution in [-0.2, 0) is 6.42 Å². The van der Waals surface area contributed by atoms with Crippen LogP contribution >= 0.6 is 0 Å². The summed E-state index contributed by atoms with van der Waals surface area (Å²) in [6.07, 6.45) is 5.86. The van der Waals surface area contributed by atoms with Crippen molar-refractivity contribution in [1.29, 1.82) is 0 Å². The predicted octanol–water partition coefficient (Wildman–Crippen LogP) is 4.40. The van der Waals surface area contributed by atoms with Gasteiger partial charge in [-0.15, -0.1) is 0 Å². The molecule has 5 rings (SSSR count). The largest absolute Gasteiger partial charge is 0.345 e. The zero-order valence-corrected chi connectivity index (χ0v) is 17.9. The summed E-state index contributed by atoms with van der Waals surface area (Å²) in [7, 11) is 3.41. The van der Waals surface area contributed by atoms with Gasteiger partial charge in [-0.05, 0) is 52.9 Å². The number of nitrogens with zero attached hydrogens (tertiary/aromatic N) is 3. The molecule has 6 nitrogen and oxygen atoms in total. The highest BCUT2D eigenvalue weighted by atomic mass is 16.2. The van der Waals surface area contributed by atoms with Crippen LogP contribution in [0.5, 0.6) is 0 Å². The van der Waals surface area contributed by atoms with Gasteiger partial charge in [0.05, 0.1) is 6.33 Å². The SMILES string of the molecule is CN(C)C(=O)c1cc(NC(=O)c2cccc3c2Cc2ccccc2-3)cc(-n2ccnc2)c1. The number of carbonyl (C=O) groups excluding carboxylic acids is 2. The van der Waals surface area contributed by atoms with Crippen LogP contribution in [0.15, 0.2) is 79.4 Å². The minimum atomic E-state index is -0.194. The molecule has 0 saturated heterocycles. The van der Waals surface area contributed by atoms with Crippen LogP contribution in [0, 0.1) is 0 Å². The van der Waals surface area contributed by atoms with E-state index in [4.69, 9.17) is 0 Å². The molecule has 0 fully saturated rings. The normalized spacial score (nSPS) is 11.6. The van der Waals surface area contributed by atoms with Crippen LogP contribution in [-0.4, -0.2) is 40.4 Å². The summed E-state index contributed by atoms with van der Waals surface area (Å²) in [5.74, 6) is -0.334. The van der Waals surface area contributed by atoms with Crippen LogP contribution in [0.4, 0.5) is 5.69 Å². The fourth-order valence-electron chi connectivity index (χ4n) is 4.19. The van der Waals surface area contributed by atoms with Gasteiger partial charge in [0.2, 0.25) is 0 Å². The molecule has 0 unspecified atom stereocenters. The summed E-state index contributed by atoms with van der Waals surface area (Å²) >= 11 is 0. The van der Waals surface area contributed by atoms with Gasteiger partial charge in [-0.3, -0.25) is 9.59 Å². The molecule has 2 amide bonds. The number of benzene rings is 3. The first kappa shape index (κ1) is 19.8. The molecule has 0 aliphatic heterocycles. The lowest BCUT2D eigenvalue weighted by Crippen LogP contribution is -2.22. The van der Waals surface area contributed by atoms with Crippen molar-refractivity contribution in [2.75, 3.05) is 19.4 Å². The third kappa shape index (κ3) is 3.46. The molecule has 1 N–H and O–H groups in total. The van der Waals surface area contributed by atoms with Crippen molar-refractivity contribution in [3.8, 4) is 16.8 Å². The summed E-state index contributed by atoms with van der Waals surface area (Å²) in [4.78, 5) is 31.6. The molecule has 1 heterocycles. The molecule has 0 atom stereocenters. The molecule has 0 bridgehead atoms. The van der Waals surface area contributed by atoms with Gasteiger partial charge in [0.15, 0.2) is 0 Å². The Morgan fingerprint density at radius 1 is 1.00 bits per heavy atom. The van der Waals surface area contributed by atoms with Gasteiger partial charge in [0, 0.05) is 49.0 Å². The molecule has 0 saturated carbocycles. The van der Waals surface area contributed by atoms with E-state index < -0.39 is 0 Å². The van der Waals surface area contributed by atoms with Gasteiger partial charge in [0.25, 0.3) is 11.8 Å². The van der Waals surface area contributed by atoms with E-state index in [2.05, 4.69) is 28.5 Å². The molecular weight excluding hydrogens is 400 g/mol. The Labute approximate surface area is 186 Å². The summed E-state index contributed by atoms with van der Waals surface area (Å²) in [6.45, 7) is 0. The first-order valence-corrected chi connectivity index (χ1v) is 10.4. The van der Waals surface area contributed by atoms with Crippen LogP contribution < -0.4 is 5.32 Å². The standard InChI is InChI=1S/C26H22N4O2/c1-29(2)26(32)18-12-19(15-20(13-18)30-11-10-27-16-30)28-25(31)23-9-5-8-22-21-7-4-3-6-17(21)14-24(22)23/h3-13,15-16H,14H2,1-2H3,(H,28,31). The minimum absolute atomic E-state index is 0.140. The molecule has 4 aromatic rings. The smallest absolute Gasteiger partial charge is 0.255 e. The fourth-order valence-corrected chi connectivity index (χ4v) is 4.19. The molecule has 158 valence electrons. The lowest BCUT2D eigenvalue weighted by atomic mass is 10.0. The lowest BCUT2D eigenvalue weighted by molar-refractivity contribution is 0.0827. The van der Waals surface area contributed by atoms with E-state index in [-0.39, 0.29) is 11.8 Å². The first-order valence-electron chi connectivity index (χ1n) is 10.4. The maximum atomic E-state index is 13.3. The van der Waals surface area contributed by atoms with Crippen molar-refractivity contribution < 1.29 is 9.59 Å². The van der Waals surface area contributed by atoms with Crippen LogP contribution in [0.25, 0.3) is 16.8 Å². The average molecular weight is 422 g/mol. The molecule has 3 aromatic carbocycles. The molecule has 6 heteroatoms. The van der Waals surface area contributed by atoms with E-state index in [1.807, 2.05) is 30.3 Å². The highest BCUT2D eigenvalue weighted by Crippen LogP contribution is 2.38. The minimum Gasteiger partial charge on any atom is -0.345 e. The predicted molar refractivity (Wildman–Crippen MR) is 124 cm³/mol. The number of aromatic nitrogens is 2. The van der Waals surface area contributed by atoms with Crippen molar-refractivity contribution in [2.24, 2.45) is 0 Å². The van der Waals surface area contributed by atoms with E-state index in [0.29, 0.717) is 16.8 Å². The van der Waals surface area contributed by atoms with E-state index >= 15 is 0 Å². The fraction of sp³-hybridized carbons (Fsp3) is 0.115. The molecule has 1 aliphatic rings. The van der Waals surface area contributed by atoms with Gasteiger partial charge in [0.1, 0.15) is 0 Å². The van der Waals surface area contributed by atoms with Crippen molar-refractivity contribution in [1.82, 2.24) is 14.5 Å². The average Bonchev–Trinajstić information content (AvgIpc) is 3.46. The number of hydrogen-bond acceptors (Lipinski definition) is 3. The Morgan fingerprint density at radius 2 is 1.81 bits per heavy atom. The number of hydrogen-bond donors (Lipinski definition) is 1. The van der Waals surface area contributed by atoms with Crippen molar-refractivity contribution in [2.45, 2.75) is 6.42 Å². The quantitative estimate of drug-likeness (QED) is 0.467. The highest BCUT2D eigenvalue weighted by molar-refractivity contribution is 6.08. The van der Waals surface area contributed by atoms with E-state index in [1.165, 1.54) is 16.0 Å². The van der Waals surface area contributed by atoms with Crippen LogP contribution in [0.1, 0.15) is 31.8 Å². The Bertz CT molecular complexity index is 1340. The van der Waals surface area contributed by atoms with Gasteiger partial charge in [-0.1, -0.05) is 36.4 Å². The van der Waals surface area contributed by atoms with Crippen LogP contribution in [0.2, 0.25) is 0 Å². The van der Waals surface area contributed by atoms with E-state index in [0.717, 1.165) is 23.2 Å². The van der Waals surface area contributed by atoms with E-state index in [9.17, 15) is 9.59 Å². The second-order valence-electron chi connectivity index (χ2n) is 8.06. The number of carbonyl (C=O) groups is 2. The Morgan fingerprint density at radius 3 is 2.59 bits per heavy atom. The number of rotatable bonds is 4. The number of nitrogens with one attached hydrogen (secondary N) is 1. The number of imidazole rings is 1. The molecule has 0 spiro atoms. The maximum absolute atomic E-state index is 13.3. The molecule has 0 radical (unpaired) electrons. The van der Waals surface area contributed by atoms with E-state index in [1.54, 1.807) is 49.5 Å². The number of fused-ring (bicyclic) bond motifs is 3. The summed E-state index contributed by atoms with van der Waals surface area (Å²) < 4.78 is 1.80. The summed E-state index contributed by atoms with van der Waals surface area (Å²) in [6, 6.07) is 19.4. The summed E-state index contributed by atoms with van der Waals surface area (Å²) in [5.41, 5.74) is 6.97. The molecule has 1 aromatic heterocycles. The summed E-state index contributed by atoms with van der Waals surface area (Å²) in [5, 5.41) is 3.01. The van der Waals surface area contributed by atoms with Gasteiger partial charge in [-0.2, -0.15) is 0 Å². The Hall–Kier alpha value is -4.19. The topological polar surface area (TPSA) is 67.2 Å². The number of amides is 2. The van der Waals surface area contributed by atoms with Gasteiger partial charge >= 0.3 is 0 Å². The molecular formula is C26H22N4O2. The second-order valence-corrected chi connectivity index (χ2v) is 8.06. The lowest BCUT2D eigenvalue weighted by Gasteiger charge is -2.15. The van der Waals surface area contributed by atoms with Gasteiger partial charge < -0.3 is 14.8 Å². The Kier molecular flexibility index (Phi) is 4.82.